The Kier molecular flexibility index (Phi) is 3.96. The van der Waals surface area contributed by atoms with Gasteiger partial charge in [-0.15, -0.1) is 10.2 Å². The molecule has 8 heteroatoms. The van der Waals surface area contributed by atoms with E-state index in [1.807, 2.05) is 19.1 Å². The lowest BCUT2D eigenvalue weighted by molar-refractivity contribution is -0.133. The summed E-state index contributed by atoms with van der Waals surface area (Å²) in [4.78, 5) is 10.6. The quantitative estimate of drug-likeness (QED) is 0.838. The van der Waals surface area contributed by atoms with Crippen LogP contribution in [0, 0.1) is 6.92 Å². The van der Waals surface area contributed by atoms with Gasteiger partial charge >= 0.3 is 5.97 Å². The maximum absolute atomic E-state index is 10.6. The highest BCUT2D eigenvalue weighted by Gasteiger charge is 2.15. The highest BCUT2D eigenvalue weighted by Crippen LogP contribution is 2.28. The number of carboxylic acid groups (broad SMARTS) is 1. The molecular formula is C11H11ClN4O2S. The van der Waals surface area contributed by atoms with Gasteiger partial charge in [0.2, 0.25) is 5.95 Å². The first kappa shape index (κ1) is 13.7. The molecule has 0 fully saturated rings. The molecule has 0 saturated carbocycles. The summed E-state index contributed by atoms with van der Waals surface area (Å²) in [6.45, 7) is 1.92. The second-order valence-electron chi connectivity index (χ2n) is 3.81. The lowest BCUT2D eigenvalue weighted by Crippen LogP contribution is -2.05. The van der Waals surface area contributed by atoms with Crippen LogP contribution in [0.3, 0.4) is 0 Å². The minimum absolute atomic E-state index is 0.123. The molecule has 2 aromatic rings. The maximum atomic E-state index is 10.6. The van der Waals surface area contributed by atoms with E-state index >= 15 is 0 Å². The molecular weight excluding hydrogens is 288 g/mol. The monoisotopic (exact) mass is 298 g/mol. The molecule has 100 valence electrons. The molecule has 1 aromatic carbocycles. The zero-order valence-corrected chi connectivity index (χ0v) is 11.6. The number of aryl methyl sites for hydroxylation is 1. The summed E-state index contributed by atoms with van der Waals surface area (Å²) < 4.78 is 1.54. The SMILES string of the molecule is Cc1ccc(Cl)c(-n2c(N)nnc2SCC(=O)O)c1. The molecule has 0 aliphatic heterocycles. The normalized spacial score (nSPS) is 10.6. The van der Waals surface area contributed by atoms with E-state index in [9.17, 15) is 4.79 Å². The Morgan fingerprint density at radius 3 is 2.95 bits per heavy atom. The highest BCUT2D eigenvalue weighted by atomic mass is 35.5. The van der Waals surface area contributed by atoms with E-state index in [4.69, 9.17) is 22.4 Å². The molecule has 6 nitrogen and oxygen atoms in total. The van der Waals surface area contributed by atoms with E-state index < -0.39 is 5.97 Å². The molecule has 0 atom stereocenters. The van der Waals surface area contributed by atoms with E-state index in [2.05, 4.69) is 10.2 Å². The van der Waals surface area contributed by atoms with Gasteiger partial charge in [0.15, 0.2) is 5.16 Å². The van der Waals surface area contributed by atoms with Gasteiger partial charge in [-0.2, -0.15) is 0 Å². The third kappa shape index (κ3) is 2.99. The minimum Gasteiger partial charge on any atom is -0.481 e. The van der Waals surface area contributed by atoms with Crippen molar-refractivity contribution in [2.75, 3.05) is 11.5 Å². The number of thioether (sulfide) groups is 1. The Bertz CT molecular complexity index is 629. The molecule has 0 bridgehead atoms. The summed E-state index contributed by atoms with van der Waals surface area (Å²) in [5.74, 6) is -0.893. The van der Waals surface area contributed by atoms with Gasteiger partial charge in [0, 0.05) is 0 Å². The standard InChI is InChI=1S/C11H11ClN4O2S/c1-6-2-3-7(12)8(4-6)16-10(13)14-15-11(16)19-5-9(17)18/h2-4H,5H2,1H3,(H2,13,14)(H,17,18). The third-order valence-corrected chi connectivity index (χ3v) is 3.56. The van der Waals surface area contributed by atoms with Crippen LogP contribution in [0.1, 0.15) is 5.56 Å². The molecule has 0 unspecified atom stereocenters. The Balaban J connectivity index is 2.46. The van der Waals surface area contributed by atoms with Crippen molar-refractivity contribution >= 4 is 35.3 Å². The zero-order chi connectivity index (χ0) is 14.0. The fraction of sp³-hybridized carbons (Fsp3) is 0.182. The number of nitrogen functional groups attached to an aromatic ring is 1. The molecule has 19 heavy (non-hydrogen) atoms. The summed E-state index contributed by atoms with van der Waals surface area (Å²) >= 11 is 7.17. The van der Waals surface area contributed by atoms with Crippen LogP contribution >= 0.6 is 23.4 Å². The maximum Gasteiger partial charge on any atom is 0.313 e. The molecule has 1 aromatic heterocycles. The Morgan fingerprint density at radius 1 is 1.53 bits per heavy atom. The summed E-state index contributed by atoms with van der Waals surface area (Å²) in [5, 5.41) is 17.2. The number of aliphatic carboxylic acids is 1. The molecule has 0 spiro atoms. The highest BCUT2D eigenvalue weighted by molar-refractivity contribution is 7.99. The van der Waals surface area contributed by atoms with E-state index in [-0.39, 0.29) is 11.7 Å². The molecule has 0 amide bonds. The number of carbonyl (C=O) groups is 1. The van der Waals surface area contributed by atoms with Crippen molar-refractivity contribution in [2.45, 2.75) is 12.1 Å². The average molecular weight is 299 g/mol. The minimum atomic E-state index is -0.937. The number of carboxylic acids is 1. The summed E-state index contributed by atoms with van der Waals surface area (Å²) in [7, 11) is 0. The van der Waals surface area contributed by atoms with Gasteiger partial charge in [0.1, 0.15) is 0 Å². The Labute approximate surface area is 118 Å². The van der Waals surface area contributed by atoms with Crippen molar-refractivity contribution in [3.05, 3.63) is 28.8 Å². The van der Waals surface area contributed by atoms with Crippen molar-refractivity contribution in [2.24, 2.45) is 0 Å². The van der Waals surface area contributed by atoms with Gasteiger partial charge in [-0.05, 0) is 24.6 Å². The van der Waals surface area contributed by atoms with Crippen LogP contribution in [0.5, 0.6) is 0 Å². The van der Waals surface area contributed by atoms with E-state index in [1.165, 1.54) is 0 Å². The molecule has 0 saturated heterocycles. The zero-order valence-electron chi connectivity index (χ0n) is 10.00. The fourth-order valence-electron chi connectivity index (χ4n) is 1.52. The number of anilines is 1. The number of benzene rings is 1. The summed E-state index contributed by atoms with van der Waals surface area (Å²) in [5.41, 5.74) is 7.41. The van der Waals surface area contributed by atoms with Crippen LogP contribution in [0.2, 0.25) is 5.02 Å². The molecule has 1 heterocycles. The van der Waals surface area contributed by atoms with Crippen LogP contribution < -0.4 is 5.73 Å². The van der Waals surface area contributed by atoms with Crippen molar-refractivity contribution in [1.82, 2.24) is 14.8 Å². The number of hydrogen-bond acceptors (Lipinski definition) is 5. The first-order valence-electron chi connectivity index (χ1n) is 5.31. The molecule has 0 radical (unpaired) electrons. The smallest absolute Gasteiger partial charge is 0.313 e. The molecule has 3 N–H and O–H groups in total. The van der Waals surface area contributed by atoms with Crippen LogP contribution in [-0.2, 0) is 4.79 Å². The predicted octanol–water partition coefficient (Wildman–Crippen LogP) is 1.99. The van der Waals surface area contributed by atoms with Crippen molar-refractivity contribution in [3.63, 3.8) is 0 Å². The van der Waals surface area contributed by atoms with E-state index in [0.717, 1.165) is 17.3 Å². The van der Waals surface area contributed by atoms with Gasteiger partial charge in [-0.1, -0.05) is 29.4 Å². The second kappa shape index (κ2) is 5.50. The first-order valence-corrected chi connectivity index (χ1v) is 6.67. The number of nitrogens with two attached hydrogens (primary N) is 1. The molecule has 2 rings (SSSR count). The number of halogens is 1. The fourth-order valence-corrected chi connectivity index (χ4v) is 2.40. The summed E-state index contributed by atoms with van der Waals surface area (Å²) in [6.07, 6.45) is 0. The first-order chi connectivity index (χ1) is 8.99. The largest absolute Gasteiger partial charge is 0.481 e. The van der Waals surface area contributed by atoms with Gasteiger partial charge < -0.3 is 10.8 Å². The molecule has 0 aliphatic carbocycles. The van der Waals surface area contributed by atoms with Crippen molar-refractivity contribution in [1.29, 1.82) is 0 Å². The van der Waals surface area contributed by atoms with E-state index in [1.54, 1.807) is 10.6 Å². The van der Waals surface area contributed by atoms with Crippen molar-refractivity contribution < 1.29 is 9.90 Å². The van der Waals surface area contributed by atoms with Crippen LogP contribution in [0.4, 0.5) is 5.95 Å². The number of hydrogen-bond donors (Lipinski definition) is 2. The lowest BCUT2D eigenvalue weighted by Gasteiger charge is -2.10. The lowest BCUT2D eigenvalue weighted by atomic mass is 10.2. The van der Waals surface area contributed by atoms with Gasteiger partial charge in [-0.3, -0.25) is 9.36 Å². The Hall–Kier alpha value is -1.73. The second-order valence-corrected chi connectivity index (χ2v) is 5.16. The topological polar surface area (TPSA) is 94.0 Å². The average Bonchev–Trinajstić information content (AvgIpc) is 2.71. The van der Waals surface area contributed by atoms with Crippen LogP contribution in [0.15, 0.2) is 23.4 Å². The molecule has 0 aliphatic rings. The number of aromatic nitrogens is 3. The summed E-state index contributed by atoms with van der Waals surface area (Å²) in [6, 6.07) is 5.46. The van der Waals surface area contributed by atoms with Crippen molar-refractivity contribution in [3.8, 4) is 5.69 Å². The Morgan fingerprint density at radius 2 is 2.26 bits per heavy atom. The number of rotatable bonds is 4. The third-order valence-electron chi connectivity index (χ3n) is 2.33. The van der Waals surface area contributed by atoms with E-state index in [0.29, 0.717) is 15.9 Å². The van der Waals surface area contributed by atoms with Crippen LogP contribution in [-0.4, -0.2) is 31.6 Å². The van der Waals surface area contributed by atoms with Gasteiger partial charge in [0.25, 0.3) is 0 Å². The number of nitrogens with zero attached hydrogens (tertiary/aromatic N) is 3. The van der Waals surface area contributed by atoms with Crippen LogP contribution in [0.25, 0.3) is 5.69 Å². The van der Waals surface area contributed by atoms with Gasteiger partial charge in [0.05, 0.1) is 16.5 Å². The predicted molar refractivity (Wildman–Crippen MR) is 73.9 cm³/mol. The van der Waals surface area contributed by atoms with Gasteiger partial charge in [-0.25, -0.2) is 0 Å².